The summed E-state index contributed by atoms with van der Waals surface area (Å²) in [6.07, 6.45) is 4.78. The molecule has 0 bridgehead atoms. The standard InChI is InChI=1S/C26H31N5O4S/c1-16(2)35-20-7-5-6-19(13-20)34-11-10-18-12-21-24(26(33)28-18)25(29-23(32)15-36-4)31(30-21)22-9-8-17(3)14-27-22/h5-9,13-14,16,18H,10-12,15H2,1-4H3,(H,28,33)(H,29,32). The fourth-order valence-electron chi connectivity index (χ4n) is 3.96. The van der Waals surface area contributed by atoms with Crippen LogP contribution in [0.3, 0.4) is 0 Å². The van der Waals surface area contributed by atoms with Gasteiger partial charge in [0.25, 0.3) is 5.91 Å². The second-order valence-electron chi connectivity index (χ2n) is 8.91. The third-order valence-electron chi connectivity index (χ3n) is 5.52. The number of ether oxygens (including phenoxy) is 2. The highest BCUT2D eigenvalue weighted by molar-refractivity contribution is 7.99. The van der Waals surface area contributed by atoms with Gasteiger partial charge in [0, 0.05) is 31.1 Å². The summed E-state index contributed by atoms with van der Waals surface area (Å²) < 4.78 is 13.2. The molecule has 0 aliphatic carbocycles. The third kappa shape index (κ3) is 6.17. The first-order chi connectivity index (χ1) is 17.3. The van der Waals surface area contributed by atoms with E-state index in [-0.39, 0.29) is 29.7 Å². The number of aromatic nitrogens is 3. The fraction of sp³-hybridized carbons (Fsp3) is 0.385. The van der Waals surface area contributed by atoms with Crippen LogP contribution in [-0.2, 0) is 11.2 Å². The molecule has 10 heteroatoms. The monoisotopic (exact) mass is 509 g/mol. The minimum atomic E-state index is -0.272. The molecule has 3 aromatic rings. The van der Waals surface area contributed by atoms with E-state index in [9.17, 15) is 9.59 Å². The van der Waals surface area contributed by atoms with Crippen LogP contribution >= 0.6 is 11.8 Å². The van der Waals surface area contributed by atoms with Crippen molar-refractivity contribution in [1.29, 1.82) is 0 Å². The third-order valence-corrected chi connectivity index (χ3v) is 6.07. The first-order valence-electron chi connectivity index (χ1n) is 11.9. The summed E-state index contributed by atoms with van der Waals surface area (Å²) in [7, 11) is 0. The van der Waals surface area contributed by atoms with Crippen LogP contribution in [0.15, 0.2) is 42.6 Å². The molecule has 3 heterocycles. The van der Waals surface area contributed by atoms with Gasteiger partial charge in [-0.15, -0.1) is 0 Å². The van der Waals surface area contributed by atoms with Crippen LogP contribution in [0, 0.1) is 6.92 Å². The van der Waals surface area contributed by atoms with Gasteiger partial charge in [0.15, 0.2) is 11.6 Å². The maximum absolute atomic E-state index is 13.1. The van der Waals surface area contributed by atoms with Crippen molar-refractivity contribution < 1.29 is 19.1 Å². The molecule has 190 valence electrons. The van der Waals surface area contributed by atoms with Gasteiger partial charge in [-0.2, -0.15) is 21.5 Å². The van der Waals surface area contributed by atoms with Gasteiger partial charge in [0.05, 0.1) is 24.2 Å². The van der Waals surface area contributed by atoms with Gasteiger partial charge in [0.1, 0.15) is 17.1 Å². The number of hydrogen-bond donors (Lipinski definition) is 2. The number of thioether (sulfide) groups is 1. The molecule has 9 nitrogen and oxygen atoms in total. The Morgan fingerprint density at radius 2 is 2.08 bits per heavy atom. The Balaban J connectivity index is 1.49. The Bertz CT molecular complexity index is 1230. The summed E-state index contributed by atoms with van der Waals surface area (Å²) in [5.41, 5.74) is 2.00. The molecule has 2 amide bonds. The normalized spacial score (nSPS) is 14.8. The molecule has 0 saturated carbocycles. The summed E-state index contributed by atoms with van der Waals surface area (Å²) in [6, 6.07) is 11.1. The van der Waals surface area contributed by atoms with Crippen LogP contribution in [0.4, 0.5) is 5.82 Å². The highest BCUT2D eigenvalue weighted by Gasteiger charge is 2.33. The summed E-state index contributed by atoms with van der Waals surface area (Å²) in [5, 5.41) is 10.6. The van der Waals surface area contributed by atoms with Crippen LogP contribution < -0.4 is 20.1 Å². The second kappa shape index (κ2) is 11.5. The fourth-order valence-corrected chi connectivity index (χ4v) is 4.29. The van der Waals surface area contributed by atoms with Crippen molar-refractivity contribution in [3.63, 3.8) is 0 Å². The van der Waals surface area contributed by atoms with Crippen LogP contribution in [0.2, 0.25) is 0 Å². The van der Waals surface area contributed by atoms with Gasteiger partial charge in [-0.1, -0.05) is 12.1 Å². The van der Waals surface area contributed by atoms with Gasteiger partial charge in [-0.3, -0.25) is 9.59 Å². The Morgan fingerprint density at radius 3 is 2.81 bits per heavy atom. The quantitative estimate of drug-likeness (QED) is 0.428. The molecule has 1 aromatic carbocycles. The molecule has 2 N–H and O–H groups in total. The first kappa shape index (κ1) is 25.6. The lowest BCUT2D eigenvalue weighted by Gasteiger charge is -2.23. The number of pyridine rings is 1. The maximum atomic E-state index is 13.1. The van der Waals surface area contributed by atoms with Crippen molar-refractivity contribution in [1.82, 2.24) is 20.1 Å². The second-order valence-corrected chi connectivity index (χ2v) is 9.78. The SMILES string of the molecule is CSCC(=O)Nc1c2c(nn1-c1ccc(C)cn1)CC(CCOc1cccc(OC(C)C)c1)NC2=O. The minimum absolute atomic E-state index is 0.0808. The van der Waals surface area contributed by atoms with Crippen molar-refractivity contribution in [3.8, 4) is 17.3 Å². The highest BCUT2D eigenvalue weighted by atomic mass is 32.2. The van der Waals surface area contributed by atoms with Crippen molar-refractivity contribution in [2.75, 3.05) is 23.9 Å². The summed E-state index contributed by atoms with van der Waals surface area (Å²) in [6.45, 7) is 6.31. The number of fused-ring (bicyclic) bond motifs is 1. The predicted molar refractivity (Wildman–Crippen MR) is 140 cm³/mol. The van der Waals surface area contributed by atoms with Gasteiger partial charge in [-0.25, -0.2) is 4.98 Å². The molecule has 4 rings (SSSR count). The number of hydrogen-bond acceptors (Lipinski definition) is 7. The average Bonchev–Trinajstić information content (AvgIpc) is 3.18. The number of amides is 2. The first-order valence-corrected chi connectivity index (χ1v) is 13.3. The molecular formula is C26H31N5O4S. The van der Waals surface area contributed by atoms with Crippen molar-refractivity contribution in [2.24, 2.45) is 0 Å². The lowest BCUT2D eigenvalue weighted by Crippen LogP contribution is -2.42. The Morgan fingerprint density at radius 1 is 1.28 bits per heavy atom. The molecule has 0 spiro atoms. The van der Waals surface area contributed by atoms with E-state index in [1.54, 1.807) is 10.9 Å². The number of rotatable bonds is 10. The van der Waals surface area contributed by atoms with Crippen LogP contribution in [0.1, 0.15) is 41.9 Å². The molecular weight excluding hydrogens is 478 g/mol. The van der Waals surface area contributed by atoms with E-state index in [4.69, 9.17) is 9.47 Å². The summed E-state index contributed by atoms with van der Waals surface area (Å²) >= 11 is 1.40. The topological polar surface area (TPSA) is 107 Å². The van der Waals surface area contributed by atoms with E-state index in [0.29, 0.717) is 48.1 Å². The minimum Gasteiger partial charge on any atom is -0.493 e. The van der Waals surface area contributed by atoms with Crippen molar-refractivity contribution in [3.05, 3.63) is 59.4 Å². The lowest BCUT2D eigenvalue weighted by molar-refractivity contribution is -0.113. The van der Waals surface area contributed by atoms with Crippen molar-refractivity contribution in [2.45, 2.75) is 45.8 Å². The number of carbonyl (C=O) groups is 2. The van der Waals surface area contributed by atoms with E-state index in [1.165, 1.54) is 11.8 Å². The number of benzene rings is 1. The van der Waals surface area contributed by atoms with Crippen molar-refractivity contribution >= 4 is 29.4 Å². The smallest absolute Gasteiger partial charge is 0.257 e. The molecule has 0 fully saturated rings. The van der Waals surface area contributed by atoms with E-state index >= 15 is 0 Å². The number of anilines is 1. The predicted octanol–water partition coefficient (Wildman–Crippen LogP) is 3.79. The molecule has 1 unspecified atom stereocenters. The molecule has 0 saturated heterocycles. The van der Waals surface area contributed by atoms with Gasteiger partial charge >= 0.3 is 0 Å². The number of nitrogens with one attached hydrogen (secondary N) is 2. The Labute approximate surface area is 215 Å². The van der Waals surface area contributed by atoms with Crippen LogP contribution in [0.25, 0.3) is 5.82 Å². The van der Waals surface area contributed by atoms with E-state index < -0.39 is 0 Å². The maximum Gasteiger partial charge on any atom is 0.257 e. The summed E-state index contributed by atoms with van der Waals surface area (Å²) in [5.74, 6) is 2.14. The molecule has 1 atom stereocenters. The molecule has 2 aromatic heterocycles. The largest absolute Gasteiger partial charge is 0.493 e. The molecule has 1 aliphatic heterocycles. The van der Waals surface area contributed by atoms with E-state index in [0.717, 1.165) is 11.3 Å². The molecule has 1 aliphatic rings. The zero-order chi connectivity index (χ0) is 25.7. The summed E-state index contributed by atoms with van der Waals surface area (Å²) in [4.78, 5) is 30.0. The highest BCUT2D eigenvalue weighted by Crippen LogP contribution is 2.28. The Hall–Kier alpha value is -3.53. The van der Waals surface area contributed by atoms with Gasteiger partial charge < -0.3 is 20.1 Å². The number of carbonyl (C=O) groups excluding carboxylic acids is 2. The van der Waals surface area contributed by atoms with E-state index in [1.807, 2.05) is 63.4 Å². The zero-order valence-corrected chi connectivity index (χ0v) is 21.7. The average molecular weight is 510 g/mol. The number of aryl methyl sites for hydroxylation is 1. The lowest BCUT2D eigenvalue weighted by atomic mass is 9.99. The van der Waals surface area contributed by atoms with Gasteiger partial charge in [-0.05, 0) is 50.8 Å². The van der Waals surface area contributed by atoms with Crippen LogP contribution in [0.5, 0.6) is 11.5 Å². The zero-order valence-electron chi connectivity index (χ0n) is 20.9. The van der Waals surface area contributed by atoms with Crippen LogP contribution in [-0.4, -0.2) is 57.3 Å². The van der Waals surface area contributed by atoms with Gasteiger partial charge in [0.2, 0.25) is 5.91 Å². The number of nitrogens with zero attached hydrogens (tertiary/aromatic N) is 3. The molecule has 36 heavy (non-hydrogen) atoms. The Kier molecular flexibility index (Phi) is 8.14. The van der Waals surface area contributed by atoms with E-state index in [2.05, 4.69) is 20.7 Å². The molecule has 0 radical (unpaired) electrons.